The first-order valence-corrected chi connectivity index (χ1v) is 13.9. The fourth-order valence-electron chi connectivity index (χ4n) is 4.57. The van der Waals surface area contributed by atoms with E-state index >= 15 is 0 Å². The van der Waals surface area contributed by atoms with Crippen LogP contribution in [0.1, 0.15) is 58.9 Å². The van der Waals surface area contributed by atoms with Crippen LogP contribution in [-0.4, -0.2) is 68.4 Å². The summed E-state index contributed by atoms with van der Waals surface area (Å²) in [6.45, 7) is 9.02. The third-order valence-electron chi connectivity index (χ3n) is 7.19. The SMILES string of the molecule is COCCCOc1cc(C[C@@H](C[C@H](N)[C@@H](O)C[C@H](C(=O)N[C@@H](CC(N)=O)C(N)=O)C(C)C)C(C)C)ccc1OC. The van der Waals surface area contributed by atoms with Crippen LogP contribution in [0, 0.1) is 23.7 Å². The summed E-state index contributed by atoms with van der Waals surface area (Å²) in [6, 6.07) is 4.07. The van der Waals surface area contributed by atoms with Crippen LogP contribution in [0.3, 0.4) is 0 Å². The lowest BCUT2D eigenvalue weighted by molar-refractivity contribution is -0.133. The molecule has 5 atom stereocenters. The van der Waals surface area contributed by atoms with E-state index in [1.165, 1.54) is 0 Å². The Balaban J connectivity index is 2.92. The molecule has 0 aliphatic heterocycles. The first-order chi connectivity index (χ1) is 18.8. The average molecular weight is 567 g/mol. The Labute approximate surface area is 238 Å². The van der Waals surface area contributed by atoms with Crippen molar-refractivity contribution < 1.29 is 33.7 Å². The number of nitrogens with two attached hydrogens (primary N) is 3. The fourth-order valence-corrected chi connectivity index (χ4v) is 4.57. The van der Waals surface area contributed by atoms with Gasteiger partial charge in [-0.3, -0.25) is 14.4 Å². The molecule has 0 saturated heterocycles. The first-order valence-electron chi connectivity index (χ1n) is 13.9. The maximum Gasteiger partial charge on any atom is 0.240 e. The van der Waals surface area contributed by atoms with Crippen LogP contribution in [-0.2, 0) is 25.5 Å². The van der Waals surface area contributed by atoms with Crippen molar-refractivity contribution in [3.05, 3.63) is 23.8 Å². The van der Waals surface area contributed by atoms with E-state index in [-0.39, 0.29) is 24.2 Å². The normalized spacial score (nSPS) is 15.2. The van der Waals surface area contributed by atoms with Crippen LogP contribution in [0.5, 0.6) is 11.5 Å². The quantitative estimate of drug-likeness (QED) is 0.147. The van der Waals surface area contributed by atoms with Crippen molar-refractivity contribution >= 4 is 17.7 Å². The molecule has 0 radical (unpaired) electrons. The van der Waals surface area contributed by atoms with Gasteiger partial charge >= 0.3 is 0 Å². The lowest BCUT2D eigenvalue weighted by Crippen LogP contribution is -2.50. The van der Waals surface area contributed by atoms with Gasteiger partial charge in [0.15, 0.2) is 11.5 Å². The second-order valence-electron chi connectivity index (χ2n) is 11.1. The lowest BCUT2D eigenvalue weighted by Gasteiger charge is -2.30. The number of amides is 3. The number of hydrogen-bond donors (Lipinski definition) is 5. The van der Waals surface area contributed by atoms with Crippen LogP contribution in [0.25, 0.3) is 0 Å². The standard InChI is InChI=1S/C29H50N4O7/c1-17(2)20(12-19-8-9-25(39-6)26(13-19)40-11-7-10-38-5)14-22(30)24(34)15-21(18(3)4)29(37)33-23(28(32)36)16-27(31)35/h8-9,13,17-18,20-24,34H,7,10-12,14-16,30H2,1-6H3,(H2,31,35)(H2,32,36)(H,33,37)/t20-,21-,22-,23-,24-/m0/s1. The number of nitrogens with one attached hydrogen (secondary N) is 1. The lowest BCUT2D eigenvalue weighted by atomic mass is 9.80. The summed E-state index contributed by atoms with van der Waals surface area (Å²) in [5.74, 6) is -1.15. The van der Waals surface area contributed by atoms with Crippen molar-refractivity contribution in [2.45, 2.75) is 78.0 Å². The topological polar surface area (TPSA) is 189 Å². The number of primary amides is 2. The summed E-state index contributed by atoms with van der Waals surface area (Å²) < 4.78 is 16.5. The van der Waals surface area contributed by atoms with E-state index < -0.39 is 48.2 Å². The van der Waals surface area contributed by atoms with Crippen LogP contribution in [0.15, 0.2) is 18.2 Å². The molecule has 228 valence electrons. The van der Waals surface area contributed by atoms with E-state index in [2.05, 4.69) is 19.2 Å². The Kier molecular flexibility index (Phi) is 15.6. The summed E-state index contributed by atoms with van der Waals surface area (Å²) >= 11 is 0. The van der Waals surface area contributed by atoms with Gasteiger partial charge in [0.05, 0.1) is 26.2 Å². The Morgan fingerprint density at radius 2 is 1.65 bits per heavy atom. The third kappa shape index (κ3) is 12.1. The van der Waals surface area contributed by atoms with Crippen molar-refractivity contribution in [3.8, 4) is 11.5 Å². The summed E-state index contributed by atoms with van der Waals surface area (Å²) in [4.78, 5) is 35.9. The maximum atomic E-state index is 13.0. The molecular weight excluding hydrogens is 516 g/mol. The number of carbonyl (C=O) groups excluding carboxylic acids is 3. The van der Waals surface area contributed by atoms with E-state index in [0.717, 1.165) is 18.4 Å². The van der Waals surface area contributed by atoms with Crippen LogP contribution >= 0.6 is 0 Å². The molecule has 0 aliphatic rings. The van der Waals surface area contributed by atoms with Gasteiger partial charge in [0.1, 0.15) is 6.04 Å². The first kappa shape index (κ1) is 35.1. The zero-order chi connectivity index (χ0) is 30.4. The molecule has 0 saturated carbocycles. The maximum absolute atomic E-state index is 13.0. The molecule has 3 amide bonds. The van der Waals surface area contributed by atoms with Gasteiger partial charge in [-0.2, -0.15) is 0 Å². The fraction of sp³-hybridized carbons (Fsp3) is 0.690. The Morgan fingerprint density at radius 3 is 2.17 bits per heavy atom. The van der Waals surface area contributed by atoms with E-state index in [0.29, 0.717) is 31.1 Å². The highest BCUT2D eigenvalue weighted by Crippen LogP contribution is 2.31. The Morgan fingerprint density at radius 1 is 0.975 bits per heavy atom. The Bertz CT molecular complexity index is 941. The highest BCUT2D eigenvalue weighted by molar-refractivity contribution is 5.91. The predicted molar refractivity (Wildman–Crippen MR) is 153 cm³/mol. The van der Waals surface area contributed by atoms with Crippen molar-refractivity contribution in [1.29, 1.82) is 0 Å². The van der Waals surface area contributed by atoms with Crippen molar-refractivity contribution in [1.82, 2.24) is 5.32 Å². The molecule has 40 heavy (non-hydrogen) atoms. The van der Waals surface area contributed by atoms with Gasteiger partial charge in [0.25, 0.3) is 0 Å². The van der Waals surface area contributed by atoms with Crippen LogP contribution in [0.2, 0.25) is 0 Å². The number of rotatable bonds is 20. The average Bonchev–Trinajstić information content (AvgIpc) is 2.88. The second-order valence-corrected chi connectivity index (χ2v) is 11.1. The highest BCUT2D eigenvalue weighted by atomic mass is 16.5. The van der Waals surface area contributed by atoms with Crippen LogP contribution < -0.4 is 32.0 Å². The molecule has 0 heterocycles. The Hall–Kier alpha value is -2.89. The molecule has 1 rings (SSSR count). The summed E-state index contributed by atoms with van der Waals surface area (Å²) in [7, 11) is 3.25. The van der Waals surface area contributed by atoms with E-state index in [1.54, 1.807) is 14.2 Å². The molecule has 0 aromatic heterocycles. The number of methoxy groups -OCH3 is 2. The minimum absolute atomic E-state index is 0.0968. The van der Waals surface area contributed by atoms with Crippen molar-refractivity contribution in [3.63, 3.8) is 0 Å². The molecule has 11 nitrogen and oxygen atoms in total. The summed E-state index contributed by atoms with van der Waals surface area (Å²) in [5, 5.41) is 13.5. The van der Waals surface area contributed by atoms with Gasteiger partial charge in [0.2, 0.25) is 17.7 Å². The molecule has 1 aromatic carbocycles. The number of hydrogen-bond acceptors (Lipinski definition) is 8. The van der Waals surface area contributed by atoms with Gasteiger partial charge in [-0.1, -0.05) is 33.8 Å². The van der Waals surface area contributed by atoms with Gasteiger partial charge in [-0.25, -0.2) is 0 Å². The van der Waals surface area contributed by atoms with Crippen LogP contribution in [0.4, 0.5) is 0 Å². The van der Waals surface area contributed by atoms with E-state index in [9.17, 15) is 19.5 Å². The van der Waals surface area contributed by atoms with Gasteiger partial charge in [0, 0.05) is 32.1 Å². The number of aliphatic hydroxyl groups is 1. The monoisotopic (exact) mass is 566 g/mol. The number of benzene rings is 1. The number of aliphatic hydroxyl groups excluding tert-OH is 1. The number of carbonyl (C=O) groups is 3. The smallest absolute Gasteiger partial charge is 0.240 e. The second kappa shape index (κ2) is 17.7. The van der Waals surface area contributed by atoms with Crippen molar-refractivity contribution in [2.24, 2.45) is 40.9 Å². The largest absolute Gasteiger partial charge is 0.493 e. The molecule has 0 bridgehead atoms. The molecule has 0 unspecified atom stereocenters. The minimum atomic E-state index is -1.21. The molecule has 8 N–H and O–H groups in total. The molecule has 1 aromatic rings. The molecular formula is C29H50N4O7. The molecule has 0 fully saturated rings. The number of ether oxygens (including phenoxy) is 3. The highest BCUT2D eigenvalue weighted by Gasteiger charge is 2.32. The zero-order valence-corrected chi connectivity index (χ0v) is 24.9. The van der Waals surface area contributed by atoms with E-state index in [1.807, 2.05) is 32.0 Å². The molecule has 0 spiro atoms. The predicted octanol–water partition coefficient (Wildman–Crippen LogP) is 1.51. The van der Waals surface area contributed by atoms with E-state index in [4.69, 9.17) is 31.4 Å². The molecule has 11 heteroatoms. The zero-order valence-electron chi connectivity index (χ0n) is 24.9. The third-order valence-corrected chi connectivity index (χ3v) is 7.19. The van der Waals surface area contributed by atoms with Gasteiger partial charge in [-0.05, 0) is 54.7 Å². The van der Waals surface area contributed by atoms with Gasteiger partial charge < -0.3 is 41.8 Å². The minimum Gasteiger partial charge on any atom is -0.493 e. The van der Waals surface area contributed by atoms with Gasteiger partial charge in [-0.15, -0.1) is 0 Å². The summed E-state index contributed by atoms with van der Waals surface area (Å²) in [5.41, 5.74) is 18.0. The molecule has 0 aliphatic carbocycles. The van der Waals surface area contributed by atoms with Crippen molar-refractivity contribution in [2.75, 3.05) is 27.4 Å². The summed E-state index contributed by atoms with van der Waals surface area (Å²) in [6.07, 6.45) is 0.757.